The highest BCUT2D eigenvalue weighted by Gasteiger charge is 2.32. The Hall–Kier alpha value is -2.33. The van der Waals surface area contributed by atoms with Crippen LogP contribution in [0.25, 0.3) is 10.9 Å². The lowest BCUT2D eigenvalue weighted by atomic mass is 10.0. The number of hydrogen-bond acceptors (Lipinski definition) is 2. The summed E-state index contributed by atoms with van der Waals surface area (Å²) in [6, 6.07) is 15.2. The predicted octanol–water partition coefficient (Wildman–Crippen LogP) is 7.22. The van der Waals surface area contributed by atoms with Gasteiger partial charge in [0.15, 0.2) is 9.84 Å². The second-order valence-electron chi connectivity index (χ2n) is 8.10. The summed E-state index contributed by atoms with van der Waals surface area (Å²) >= 11 is 0. The molecule has 2 aromatic carbocycles. The molecule has 0 fully saturated rings. The number of unbranched alkanes of at least 4 members (excludes halogenated alkanes) is 3. The van der Waals surface area contributed by atoms with Gasteiger partial charge < -0.3 is 4.98 Å². The van der Waals surface area contributed by atoms with Gasteiger partial charge in [0.1, 0.15) is 0 Å². The minimum absolute atomic E-state index is 0.398. The predicted molar refractivity (Wildman–Crippen MR) is 127 cm³/mol. The number of aromatic nitrogens is 1. The molecule has 0 saturated carbocycles. The fourth-order valence-corrected chi connectivity index (χ4v) is 5.96. The minimum atomic E-state index is -3.51. The molecule has 4 heteroatoms. The van der Waals surface area contributed by atoms with E-state index in [0.717, 1.165) is 40.6 Å². The maximum absolute atomic E-state index is 13.7. The zero-order valence-corrected chi connectivity index (χ0v) is 19.1. The quantitative estimate of drug-likeness (QED) is 0.276. The third kappa shape index (κ3) is 5.04. The first-order chi connectivity index (χ1) is 14.4. The SMILES string of the molecule is CCCCC/C=C\CCC(c1c(C)[nH]c2ccccc12)S(=O)(=O)c1ccc(C)cc1. The number of aryl methyl sites for hydroxylation is 2. The van der Waals surface area contributed by atoms with Crippen LogP contribution in [-0.4, -0.2) is 13.4 Å². The summed E-state index contributed by atoms with van der Waals surface area (Å²) in [6.07, 6.45) is 10.4. The van der Waals surface area contributed by atoms with Crippen molar-refractivity contribution in [2.75, 3.05) is 0 Å². The second-order valence-corrected chi connectivity index (χ2v) is 10.2. The molecular weight excluding hydrogens is 390 g/mol. The molecule has 3 aromatic rings. The van der Waals surface area contributed by atoms with Crippen LogP contribution >= 0.6 is 0 Å². The zero-order valence-electron chi connectivity index (χ0n) is 18.3. The zero-order chi connectivity index (χ0) is 21.6. The molecule has 1 aromatic heterocycles. The standard InChI is InChI=1S/C26H33NO2S/c1-4-5-6-7-8-9-10-15-25(30(28,29)22-18-16-20(2)17-19-22)26-21(3)27-24-14-12-11-13-23(24)26/h8-9,11-14,16-19,25,27H,4-7,10,15H2,1-3H3/b9-8-. The third-order valence-electron chi connectivity index (χ3n) is 5.73. The van der Waals surface area contributed by atoms with Gasteiger partial charge in [0, 0.05) is 16.6 Å². The van der Waals surface area contributed by atoms with Gasteiger partial charge in [0.25, 0.3) is 0 Å². The van der Waals surface area contributed by atoms with Crippen molar-refractivity contribution >= 4 is 20.7 Å². The molecule has 30 heavy (non-hydrogen) atoms. The van der Waals surface area contributed by atoms with E-state index in [0.29, 0.717) is 11.3 Å². The van der Waals surface area contributed by atoms with Gasteiger partial charge in [-0.05, 0) is 63.3 Å². The second kappa shape index (κ2) is 10.1. The molecule has 3 rings (SSSR count). The number of fused-ring (bicyclic) bond motifs is 1. The van der Waals surface area contributed by atoms with Crippen molar-refractivity contribution in [2.45, 2.75) is 69.4 Å². The summed E-state index contributed by atoms with van der Waals surface area (Å²) in [6.45, 7) is 6.16. The van der Waals surface area contributed by atoms with E-state index in [2.05, 4.69) is 24.1 Å². The average molecular weight is 424 g/mol. The van der Waals surface area contributed by atoms with Crippen LogP contribution in [-0.2, 0) is 9.84 Å². The Balaban J connectivity index is 1.94. The van der Waals surface area contributed by atoms with E-state index in [-0.39, 0.29) is 0 Å². The fraction of sp³-hybridized carbons (Fsp3) is 0.385. The number of H-pyrrole nitrogens is 1. The Kier molecular flexibility index (Phi) is 7.54. The van der Waals surface area contributed by atoms with Crippen LogP contribution < -0.4 is 0 Å². The molecule has 0 aliphatic rings. The molecule has 0 aliphatic carbocycles. The summed E-state index contributed by atoms with van der Waals surface area (Å²) in [4.78, 5) is 3.78. The Morgan fingerprint density at radius 3 is 2.37 bits per heavy atom. The van der Waals surface area contributed by atoms with Crippen molar-refractivity contribution in [3.05, 3.63) is 77.5 Å². The third-order valence-corrected chi connectivity index (χ3v) is 7.88. The van der Waals surface area contributed by atoms with Crippen LogP contribution in [0.5, 0.6) is 0 Å². The molecule has 160 valence electrons. The number of hydrogen-bond donors (Lipinski definition) is 1. The number of para-hydroxylation sites is 1. The molecule has 0 bridgehead atoms. The van der Waals surface area contributed by atoms with E-state index in [1.165, 1.54) is 19.3 Å². The summed E-state index contributed by atoms with van der Waals surface area (Å²) in [5.41, 5.74) is 3.89. The molecule has 1 heterocycles. The van der Waals surface area contributed by atoms with Crippen LogP contribution in [0.15, 0.2) is 65.6 Å². The molecule has 0 spiro atoms. The molecule has 0 radical (unpaired) electrons. The molecule has 1 N–H and O–H groups in total. The molecule has 0 saturated heterocycles. The van der Waals surface area contributed by atoms with Crippen LogP contribution in [0.4, 0.5) is 0 Å². The molecule has 0 amide bonds. The van der Waals surface area contributed by atoms with E-state index < -0.39 is 15.1 Å². The average Bonchev–Trinajstić information content (AvgIpc) is 3.06. The Bertz CT molecular complexity index is 1090. The summed E-state index contributed by atoms with van der Waals surface area (Å²) < 4.78 is 27.4. The van der Waals surface area contributed by atoms with Crippen molar-refractivity contribution in [3.8, 4) is 0 Å². The summed E-state index contributed by atoms with van der Waals surface area (Å²) in [7, 11) is -3.51. The molecule has 0 aliphatic heterocycles. The lowest BCUT2D eigenvalue weighted by Crippen LogP contribution is -2.15. The Morgan fingerprint density at radius 2 is 1.63 bits per heavy atom. The number of rotatable bonds is 10. The van der Waals surface area contributed by atoms with Crippen molar-refractivity contribution in [1.82, 2.24) is 4.98 Å². The van der Waals surface area contributed by atoms with Gasteiger partial charge in [0.05, 0.1) is 10.1 Å². The maximum atomic E-state index is 13.7. The van der Waals surface area contributed by atoms with Gasteiger partial charge in [-0.2, -0.15) is 0 Å². The van der Waals surface area contributed by atoms with Gasteiger partial charge in [-0.25, -0.2) is 8.42 Å². The number of benzene rings is 2. The smallest absolute Gasteiger partial charge is 0.185 e. The Morgan fingerprint density at radius 1 is 0.933 bits per heavy atom. The van der Waals surface area contributed by atoms with Gasteiger partial charge in [-0.3, -0.25) is 0 Å². The van der Waals surface area contributed by atoms with Crippen molar-refractivity contribution in [1.29, 1.82) is 0 Å². The highest BCUT2D eigenvalue weighted by atomic mass is 32.2. The number of sulfone groups is 1. The topological polar surface area (TPSA) is 49.9 Å². The molecular formula is C26H33NO2S. The van der Waals surface area contributed by atoms with Crippen molar-refractivity contribution < 1.29 is 8.42 Å². The van der Waals surface area contributed by atoms with E-state index in [1.807, 2.05) is 50.2 Å². The van der Waals surface area contributed by atoms with Crippen LogP contribution in [0.2, 0.25) is 0 Å². The van der Waals surface area contributed by atoms with Crippen molar-refractivity contribution in [2.24, 2.45) is 0 Å². The lowest BCUT2D eigenvalue weighted by Gasteiger charge is -2.18. The first-order valence-corrected chi connectivity index (χ1v) is 12.5. The largest absolute Gasteiger partial charge is 0.358 e. The number of aromatic amines is 1. The Labute approximate surface area is 181 Å². The van der Waals surface area contributed by atoms with E-state index in [1.54, 1.807) is 12.1 Å². The monoisotopic (exact) mass is 423 g/mol. The van der Waals surface area contributed by atoms with Gasteiger partial charge >= 0.3 is 0 Å². The minimum Gasteiger partial charge on any atom is -0.358 e. The number of nitrogens with one attached hydrogen (secondary N) is 1. The highest BCUT2D eigenvalue weighted by Crippen LogP contribution is 2.39. The van der Waals surface area contributed by atoms with Crippen LogP contribution in [0.1, 0.15) is 67.5 Å². The normalized spacial score (nSPS) is 13.3. The summed E-state index contributed by atoms with van der Waals surface area (Å²) in [5, 5.41) is 0.430. The van der Waals surface area contributed by atoms with Gasteiger partial charge in [-0.15, -0.1) is 0 Å². The number of allylic oxidation sites excluding steroid dienone is 2. The highest BCUT2D eigenvalue weighted by molar-refractivity contribution is 7.91. The first-order valence-electron chi connectivity index (χ1n) is 11.0. The van der Waals surface area contributed by atoms with E-state index >= 15 is 0 Å². The molecule has 1 unspecified atom stereocenters. The van der Waals surface area contributed by atoms with Crippen LogP contribution in [0, 0.1) is 13.8 Å². The fourth-order valence-electron chi connectivity index (χ4n) is 4.06. The van der Waals surface area contributed by atoms with Gasteiger partial charge in [0.2, 0.25) is 0 Å². The lowest BCUT2D eigenvalue weighted by molar-refractivity contribution is 0.576. The first kappa shape index (κ1) is 22.4. The van der Waals surface area contributed by atoms with E-state index in [9.17, 15) is 8.42 Å². The summed E-state index contributed by atoms with van der Waals surface area (Å²) in [5.74, 6) is 0. The molecule has 3 nitrogen and oxygen atoms in total. The molecule has 1 atom stereocenters. The van der Waals surface area contributed by atoms with Gasteiger partial charge in [-0.1, -0.05) is 67.8 Å². The maximum Gasteiger partial charge on any atom is 0.185 e. The van der Waals surface area contributed by atoms with Crippen molar-refractivity contribution in [3.63, 3.8) is 0 Å². The van der Waals surface area contributed by atoms with Crippen LogP contribution in [0.3, 0.4) is 0 Å². The van der Waals surface area contributed by atoms with E-state index in [4.69, 9.17) is 0 Å².